The van der Waals surface area contributed by atoms with Crippen LogP contribution in [-0.4, -0.2) is 12.6 Å². The van der Waals surface area contributed by atoms with E-state index in [2.05, 4.69) is 25.5 Å². The molecule has 0 heterocycles. The Morgan fingerprint density at radius 3 is 1.75 bits per heavy atom. The van der Waals surface area contributed by atoms with Crippen molar-refractivity contribution < 1.29 is 9.53 Å². The summed E-state index contributed by atoms with van der Waals surface area (Å²) >= 11 is 0. The third-order valence-corrected chi connectivity index (χ3v) is 2.19. The van der Waals surface area contributed by atoms with Crippen molar-refractivity contribution in [1.82, 2.24) is 0 Å². The average Bonchev–Trinajstić information content (AvgIpc) is 2.46. The van der Waals surface area contributed by atoms with Crippen LogP contribution in [-0.2, 0) is 9.53 Å². The van der Waals surface area contributed by atoms with Gasteiger partial charge in [0.05, 0.1) is 6.61 Å². The fourth-order valence-electron chi connectivity index (χ4n) is 0.864. The van der Waals surface area contributed by atoms with Gasteiger partial charge < -0.3 is 4.74 Å². The van der Waals surface area contributed by atoms with Crippen molar-refractivity contribution in [3.63, 3.8) is 0 Å². The van der Waals surface area contributed by atoms with E-state index < -0.39 is 0 Å². The lowest BCUT2D eigenvalue weighted by Gasteiger charge is -1.89. The van der Waals surface area contributed by atoms with Crippen LogP contribution in [0.2, 0.25) is 0 Å². The van der Waals surface area contributed by atoms with Gasteiger partial charge in [-0.15, -0.1) is 0 Å². The van der Waals surface area contributed by atoms with Crippen LogP contribution >= 0.6 is 0 Å². The van der Waals surface area contributed by atoms with E-state index in [1.54, 1.807) is 18.1 Å². The van der Waals surface area contributed by atoms with Gasteiger partial charge in [-0.3, -0.25) is 4.79 Å². The summed E-state index contributed by atoms with van der Waals surface area (Å²) in [4.78, 5) is 9.82. The predicted molar refractivity (Wildman–Crippen MR) is 49.8 cm³/mol. The first-order chi connectivity index (χ1) is 5.50. The first kappa shape index (κ1) is 11.2. The number of hydrogen-bond donors (Lipinski definition) is 0. The molecule has 0 bridgehead atoms. The molecule has 0 saturated heterocycles. The number of hydrogen-bond acceptors (Lipinski definition) is 2. The molecule has 0 amide bonds. The summed E-state index contributed by atoms with van der Waals surface area (Å²) in [5, 5.41) is 0. The van der Waals surface area contributed by atoms with Crippen LogP contribution in [0.25, 0.3) is 0 Å². The van der Waals surface area contributed by atoms with Crippen molar-refractivity contribution in [2.75, 3.05) is 6.61 Å². The number of esters is 1. The molecule has 0 spiro atoms. The van der Waals surface area contributed by atoms with Gasteiger partial charge in [0, 0.05) is 6.92 Å². The van der Waals surface area contributed by atoms with Crippen LogP contribution in [0.3, 0.4) is 0 Å². The van der Waals surface area contributed by atoms with Gasteiger partial charge in [-0.2, -0.15) is 0 Å². The van der Waals surface area contributed by atoms with E-state index in [0.717, 1.165) is 5.92 Å². The summed E-state index contributed by atoms with van der Waals surface area (Å²) in [6, 6.07) is 0. The smallest absolute Gasteiger partial charge is 0.302 e. The Labute approximate surface area is 74.6 Å². The first-order valence-electron chi connectivity index (χ1n) is 4.31. The summed E-state index contributed by atoms with van der Waals surface area (Å²) in [6.45, 7) is 10.3. The minimum Gasteiger partial charge on any atom is -0.466 e. The van der Waals surface area contributed by atoms with Crippen LogP contribution in [0, 0.1) is 5.92 Å². The fourth-order valence-corrected chi connectivity index (χ4v) is 0.864. The van der Waals surface area contributed by atoms with Gasteiger partial charge in [0.2, 0.25) is 0 Å². The predicted octanol–water partition coefficient (Wildman–Crippen LogP) is 2.54. The molecule has 0 aromatic rings. The van der Waals surface area contributed by atoms with E-state index in [1.165, 1.54) is 6.92 Å². The lowest BCUT2D eigenvalue weighted by Crippen LogP contribution is -1.95. The molecule has 0 aliphatic heterocycles. The lowest BCUT2D eigenvalue weighted by atomic mass is 10.3. The Bertz CT molecular complexity index is 180. The first-order valence-corrected chi connectivity index (χ1v) is 4.31. The van der Waals surface area contributed by atoms with Crippen molar-refractivity contribution in [3.8, 4) is 0 Å². The Morgan fingerprint density at radius 2 is 1.75 bits per heavy atom. The maximum atomic E-state index is 9.82. The lowest BCUT2D eigenvalue weighted by molar-refractivity contribution is -0.140. The van der Waals surface area contributed by atoms with Gasteiger partial charge >= 0.3 is 5.97 Å². The summed E-state index contributed by atoms with van der Waals surface area (Å²) in [5.41, 5.74) is 3.19. The molecule has 1 aliphatic rings. The Hall–Kier alpha value is -0.790. The maximum absolute atomic E-state index is 9.82. The highest BCUT2D eigenvalue weighted by molar-refractivity contribution is 5.65. The van der Waals surface area contributed by atoms with Crippen molar-refractivity contribution in [2.45, 2.75) is 34.6 Å². The zero-order valence-corrected chi connectivity index (χ0v) is 8.60. The molecule has 0 unspecified atom stereocenters. The van der Waals surface area contributed by atoms with E-state index in [1.807, 2.05) is 0 Å². The van der Waals surface area contributed by atoms with Gasteiger partial charge in [0.15, 0.2) is 0 Å². The van der Waals surface area contributed by atoms with E-state index >= 15 is 0 Å². The van der Waals surface area contributed by atoms with Gasteiger partial charge in [-0.05, 0) is 26.7 Å². The van der Waals surface area contributed by atoms with Gasteiger partial charge in [-0.25, -0.2) is 0 Å². The highest BCUT2D eigenvalue weighted by Crippen LogP contribution is 2.36. The SMILES string of the molecule is CC1=C(C)C1C.CCOC(C)=O. The molecule has 2 heteroatoms. The largest absolute Gasteiger partial charge is 0.466 e. The molecule has 2 nitrogen and oxygen atoms in total. The van der Waals surface area contributed by atoms with E-state index in [4.69, 9.17) is 0 Å². The minimum absolute atomic E-state index is 0.211. The molecule has 12 heavy (non-hydrogen) atoms. The number of carbonyl (C=O) groups is 1. The summed E-state index contributed by atoms with van der Waals surface area (Å²) in [7, 11) is 0. The monoisotopic (exact) mass is 170 g/mol. The molecule has 0 N–H and O–H groups in total. The summed E-state index contributed by atoms with van der Waals surface area (Å²) < 4.78 is 4.40. The summed E-state index contributed by atoms with van der Waals surface area (Å²) in [5.74, 6) is 0.641. The number of rotatable bonds is 1. The van der Waals surface area contributed by atoms with Crippen LogP contribution in [0.1, 0.15) is 34.6 Å². The molecular formula is C10H18O2. The quantitative estimate of drug-likeness (QED) is 0.446. The normalized spacial score (nSPS) is 15.1. The van der Waals surface area contributed by atoms with E-state index in [9.17, 15) is 4.79 Å². The highest BCUT2D eigenvalue weighted by Gasteiger charge is 2.21. The third kappa shape index (κ3) is 4.16. The average molecular weight is 170 g/mol. The molecule has 70 valence electrons. The van der Waals surface area contributed by atoms with E-state index in [-0.39, 0.29) is 5.97 Å². The zero-order chi connectivity index (χ0) is 9.72. The molecule has 0 aromatic carbocycles. The molecule has 1 aliphatic carbocycles. The van der Waals surface area contributed by atoms with E-state index in [0.29, 0.717) is 6.61 Å². The zero-order valence-electron chi connectivity index (χ0n) is 8.60. The van der Waals surface area contributed by atoms with Crippen LogP contribution in [0.4, 0.5) is 0 Å². The minimum atomic E-state index is -0.211. The standard InChI is InChI=1S/C6H10.C4H8O2/c1-4-5(2)6(4)3;1-3-6-4(2)5/h4H,1-3H3;3H2,1-2H3. The van der Waals surface area contributed by atoms with Crippen LogP contribution in [0.5, 0.6) is 0 Å². The molecule has 0 radical (unpaired) electrons. The Morgan fingerprint density at radius 1 is 1.42 bits per heavy atom. The van der Waals surface area contributed by atoms with Crippen molar-refractivity contribution >= 4 is 5.97 Å². The molecule has 0 fully saturated rings. The molecule has 0 aromatic heterocycles. The van der Waals surface area contributed by atoms with Gasteiger partial charge in [0.1, 0.15) is 0 Å². The van der Waals surface area contributed by atoms with Gasteiger partial charge in [-0.1, -0.05) is 18.1 Å². The van der Waals surface area contributed by atoms with Gasteiger partial charge in [0.25, 0.3) is 0 Å². The molecule has 0 atom stereocenters. The number of ether oxygens (including phenoxy) is 1. The third-order valence-electron chi connectivity index (χ3n) is 2.19. The Kier molecular flexibility index (Phi) is 4.64. The van der Waals surface area contributed by atoms with Crippen molar-refractivity contribution in [3.05, 3.63) is 11.1 Å². The topological polar surface area (TPSA) is 26.3 Å². The van der Waals surface area contributed by atoms with Crippen LogP contribution in [0.15, 0.2) is 11.1 Å². The van der Waals surface area contributed by atoms with Crippen molar-refractivity contribution in [1.29, 1.82) is 0 Å². The molecule has 0 saturated carbocycles. The maximum Gasteiger partial charge on any atom is 0.302 e. The van der Waals surface area contributed by atoms with Crippen LogP contribution < -0.4 is 0 Å². The Balaban J connectivity index is 0.000000202. The van der Waals surface area contributed by atoms with Crippen molar-refractivity contribution in [2.24, 2.45) is 5.92 Å². The second kappa shape index (κ2) is 4.96. The second-order valence-electron chi connectivity index (χ2n) is 3.01. The number of allylic oxidation sites excluding steroid dienone is 2. The highest BCUT2D eigenvalue weighted by atomic mass is 16.5. The second-order valence-corrected chi connectivity index (χ2v) is 3.01. The summed E-state index contributed by atoms with van der Waals surface area (Å²) in [6.07, 6.45) is 0. The number of carbonyl (C=O) groups excluding carboxylic acids is 1. The molecule has 1 rings (SSSR count). The fraction of sp³-hybridized carbons (Fsp3) is 0.700. The molecular weight excluding hydrogens is 152 g/mol.